The van der Waals surface area contributed by atoms with Crippen LogP contribution in [0.3, 0.4) is 0 Å². The number of carbonyl (C=O) groups is 1. The zero-order chi connectivity index (χ0) is 18.6. The Bertz CT molecular complexity index is 861. The molecule has 130 valence electrons. The van der Waals surface area contributed by atoms with Crippen molar-refractivity contribution in [1.29, 1.82) is 5.26 Å². The predicted octanol–water partition coefficient (Wildman–Crippen LogP) is 3.08. The summed E-state index contributed by atoms with van der Waals surface area (Å²) in [6.45, 7) is 12.0. The van der Waals surface area contributed by atoms with Crippen LogP contribution in [0.15, 0.2) is 36.6 Å². The van der Waals surface area contributed by atoms with Crippen molar-refractivity contribution in [2.45, 2.75) is 33.7 Å². The molecule has 0 aliphatic rings. The van der Waals surface area contributed by atoms with Crippen LogP contribution in [0.4, 0.5) is 0 Å². The fraction of sp³-hybridized carbons (Fsp3) is 0.316. The van der Waals surface area contributed by atoms with Crippen molar-refractivity contribution in [3.05, 3.63) is 53.5 Å². The van der Waals surface area contributed by atoms with Crippen LogP contribution in [0, 0.1) is 25.2 Å². The summed E-state index contributed by atoms with van der Waals surface area (Å²) in [4.78, 5) is 12.0. The lowest BCUT2D eigenvalue weighted by Gasteiger charge is -2.15. The van der Waals surface area contributed by atoms with Gasteiger partial charge in [-0.1, -0.05) is 6.08 Å². The number of nitriles is 1. The standard InChI is InChI=1S/C19H23N5O/c1-6-8-21-19(25)17(12-20)11-16-10-14(4)23(15(16)5)18-7-9-22-24(18)13(2)3/h6-7,9-11,13H,1,8H2,2-5H3,(H,21,25)/b17-11+. The van der Waals surface area contributed by atoms with Gasteiger partial charge in [0.05, 0.1) is 6.20 Å². The van der Waals surface area contributed by atoms with Crippen LogP contribution in [0.2, 0.25) is 0 Å². The molecule has 0 unspecified atom stereocenters. The molecule has 2 heterocycles. The van der Waals surface area contributed by atoms with Crippen LogP contribution >= 0.6 is 0 Å². The molecule has 0 saturated heterocycles. The molecule has 1 N–H and O–H groups in total. The molecule has 0 aromatic carbocycles. The number of rotatable bonds is 6. The van der Waals surface area contributed by atoms with Crippen molar-refractivity contribution in [3.8, 4) is 11.9 Å². The van der Waals surface area contributed by atoms with Crippen molar-refractivity contribution in [2.75, 3.05) is 6.54 Å². The summed E-state index contributed by atoms with van der Waals surface area (Å²) in [5.41, 5.74) is 2.86. The van der Waals surface area contributed by atoms with Gasteiger partial charge in [0.1, 0.15) is 17.5 Å². The van der Waals surface area contributed by atoms with Crippen molar-refractivity contribution in [2.24, 2.45) is 0 Å². The number of aryl methyl sites for hydroxylation is 1. The number of aromatic nitrogens is 3. The highest BCUT2D eigenvalue weighted by atomic mass is 16.1. The number of hydrogen-bond acceptors (Lipinski definition) is 3. The molecular weight excluding hydrogens is 314 g/mol. The van der Waals surface area contributed by atoms with E-state index in [0.717, 1.165) is 22.8 Å². The third-order valence-electron chi connectivity index (χ3n) is 3.91. The van der Waals surface area contributed by atoms with Crippen LogP contribution in [0.1, 0.15) is 36.8 Å². The summed E-state index contributed by atoms with van der Waals surface area (Å²) < 4.78 is 4.02. The minimum absolute atomic E-state index is 0.0690. The van der Waals surface area contributed by atoms with Crippen molar-refractivity contribution >= 4 is 12.0 Å². The van der Waals surface area contributed by atoms with Gasteiger partial charge in [-0.15, -0.1) is 6.58 Å². The summed E-state index contributed by atoms with van der Waals surface area (Å²) in [5.74, 6) is 0.554. The van der Waals surface area contributed by atoms with Crippen LogP contribution in [0.25, 0.3) is 11.9 Å². The second-order valence-corrected chi connectivity index (χ2v) is 6.06. The molecule has 0 radical (unpaired) electrons. The van der Waals surface area contributed by atoms with Gasteiger partial charge in [-0.2, -0.15) is 10.4 Å². The first-order valence-corrected chi connectivity index (χ1v) is 8.14. The topological polar surface area (TPSA) is 75.6 Å². The summed E-state index contributed by atoms with van der Waals surface area (Å²) in [6, 6.07) is 6.11. The van der Waals surface area contributed by atoms with E-state index in [1.165, 1.54) is 0 Å². The van der Waals surface area contributed by atoms with Gasteiger partial charge in [-0.05, 0) is 45.4 Å². The molecule has 0 bridgehead atoms. The molecule has 2 rings (SSSR count). The molecule has 0 aliphatic carbocycles. The van der Waals surface area contributed by atoms with E-state index in [4.69, 9.17) is 0 Å². The van der Waals surface area contributed by atoms with Crippen LogP contribution in [-0.2, 0) is 4.79 Å². The fourth-order valence-corrected chi connectivity index (χ4v) is 2.73. The zero-order valence-electron chi connectivity index (χ0n) is 15.1. The van der Waals surface area contributed by atoms with E-state index in [1.807, 2.05) is 36.7 Å². The summed E-state index contributed by atoms with van der Waals surface area (Å²) >= 11 is 0. The number of nitrogens with zero attached hydrogens (tertiary/aromatic N) is 4. The Balaban J connectivity index is 2.47. The lowest BCUT2D eigenvalue weighted by Crippen LogP contribution is -2.24. The van der Waals surface area contributed by atoms with E-state index >= 15 is 0 Å². The van der Waals surface area contributed by atoms with E-state index in [1.54, 1.807) is 18.3 Å². The third kappa shape index (κ3) is 3.72. The van der Waals surface area contributed by atoms with E-state index in [-0.39, 0.29) is 11.6 Å². The van der Waals surface area contributed by atoms with Crippen LogP contribution in [0.5, 0.6) is 0 Å². The number of nitrogens with one attached hydrogen (secondary N) is 1. The molecule has 0 atom stereocenters. The Hall–Kier alpha value is -3.07. The number of hydrogen-bond donors (Lipinski definition) is 1. The Labute approximate surface area is 148 Å². The van der Waals surface area contributed by atoms with E-state index in [0.29, 0.717) is 6.54 Å². The molecule has 6 heteroatoms. The highest BCUT2D eigenvalue weighted by molar-refractivity contribution is 6.01. The van der Waals surface area contributed by atoms with Gasteiger partial charge in [0, 0.05) is 30.0 Å². The van der Waals surface area contributed by atoms with Gasteiger partial charge in [0.15, 0.2) is 0 Å². The Morgan fingerprint density at radius 3 is 2.80 bits per heavy atom. The summed E-state index contributed by atoms with van der Waals surface area (Å²) in [7, 11) is 0. The molecule has 6 nitrogen and oxygen atoms in total. The van der Waals surface area contributed by atoms with Gasteiger partial charge in [0.25, 0.3) is 5.91 Å². The Kier molecular flexibility index (Phi) is 5.60. The Morgan fingerprint density at radius 2 is 2.20 bits per heavy atom. The lowest BCUT2D eigenvalue weighted by molar-refractivity contribution is -0.116. The predicted molar refractivity (Wildman–Crippen MR) is 98.2 cm³/mol. The molecule has 0 spiro atoms. The largest absolute Gasteiger partial charge is 0.348 e. The Morgan fingerprint density at radius 1 is 1.48 bits per heavy atom. The fourth-order valence-electron chi connectivity index (χ4n) is 2.73. The summed E-state index contributed by atoms with van der Waals surface area (Å²) in [6.07, 6.45) is 4.96. The molecule has 0 saturated carbocycles. The molecular formula is C19H23N5O. The molecule has 0 aliphatic heterocycles. The van der Waals surface area contributed by atoms with Gasteiger partial charge in [-0.25, -0.2) is 4.68 Å². The molecule has 1 amide bonds. The highest BCUT2D eigenvalue weighted by Crippen LogP contribution is 2.24. The summed E-state index contributed by atoms with van der Waals surface area (Å²) in [5, 5.41) is 16.3. The van der Waals surface area contributed by atoms with Gasteiger partial charge in [0.2, 0.25) is 0 Å². The first kappa shape index (κ1) is 18.3. The minimum Gasteiger partial charge on any atom is -0.348 e. The van der Waals surface area contributed by atoms with Crippen molar-refractivity contribution < 1.29 is 4.79 Å². The van der Waals surface area contributed by atoms with Gasteiger partial charge < -0.3 is 9.88 Å². The SMILES string of the molecule is C=CCNC(=O)/C(C#N)=C/c1cc(C)n(-c2ccnn2C(C)C)c1C. The van der Waals surface area contributed by atoms with Crippen molar-refractivity contribution in [3.63, 3.8) is 0 Å². The smallest absolute Gasteiger partial charge is 0.262 e. The minimum atomic E-state index is -0.403. The van der Waals surface area contributed by atoms with Crippen molar-refractivity contribution in [1.82, 2.24) is 19.7 Å². The second kappa shape index (κ2) is 7.67. The molecule has 25 heavy (non-hydrogen) atoms. The monoisotopic (exact) mass is 337 g/mol. The molecule has 2 aromatic heterocycles. The molecule has 2 aromatic rings. The average molecular weight is 337 g/mol. The third-order valence-corrected chi connectivity index (χ3v) is 3.91. The number of carbonyl (C=O) groups excluding carboxylic acids is 1. The zero-order valence-corrected chi connectivity index (χ0v) is 15.1. The lowest BCUT2D eigenvalue weighted by atomic mass is 10.1. The van der Waals surface area contributed by atoms with Crippen LogP contribution < -0.4 is 5.32 Å². The van der Waals surface area contributed by atoms with E-state index in [2.05, 4.69) is 35.4 Å². The van der Waals surface area contributed by atoms with Gasteiger partial charge >= 0.3 is 0 Å². The van der Waals surface area contributed by atoms with Crippen LogP contribution in [-0.4, -0.2) is 26.8 Å². The van der Waals surface area contributed by atoms with E-state index in [9.17, 15) is 10.1 Å². The quantitative estimate of drug-likeness (QED) is 0.500. The first-order chi connectivity index (χ1) is 11.9. The average Bonchev–Trinajstić information content (AvgIpc) is 3.15. The maximum Gasteiger partial charge on any atom is 0.262 e. The maximum atomic E-state index is 12.0. The second-order valence-electron chi connectivity index (χ2n) is 6.06. The normalized spacial score (nSPS) is 11.4. The number of amides is 1. The van der Waals surface area contributed by atoms with E-state index < -0.39 is 5.91 Å². The molecule has 0 fully saturated rings. The first-order valence-electron chi connectivity index (χ1n) is 8.14. The maximum absolute atomic E-state index is 12.0. The highest BCUT2D eigenvalue weighted by Gasteiger charge is 2.16. The van der Waals surface area contributed by atoms with Gasteiger partial charge in [-0.3, -0.25) is 4.79 Å².